The first-order valence-electron chi connectivity index (χ1n) is 9.82. The smallest absolute Gasteiger partial charge is 0.263 e. The van der Waals surface area contributed by atoms with Crippen molar-refractivity contribution >= 4 is 33.2 Å². The molecule has 0 aromatic heterocycles. The van der Waals surface area contributed by atoms with Gasteiger partial charge in [-0.3, -0.25) is 14.4 Å². The van der Waals surface area contributed by atoms with Crippen LogP contribution in [0.2, 0.25) is 5.02 Å². The molecule has 1 aliphatic rings. The van der Waals surface area contributed by atoms with Crippen molar-refractivity contribution in [1.82, 2.24) is 10.2 Å². The van der Waals surface area contributed by atoms with Crippen molar-refractivity contribution in [3.05, 3.63) is 58.6 Å². The van der Waals surface area contributed by atoms with Gasteiger partial charge in [0.15, 0.2) is 0 Å². The van der Waals surface area contributed by atoms with Gasteiger partial charge in [-0.05, 0) is 55.8 Å². The van der Waals surface area contributed by atoms with Gasteiger partial charge < -0.3 is 10.1 Å². The lowest BCUT2D eigenvalue weighted by Gasteiger charge is -2.26. The van der Waals surface area contributed by atoms with E-state index in [-0.39, 0.29) is 21.4 Å². The van der Waals surface area contributed by atoms with Crippen LogP contribution in [0, 0.1) is 6.92 Å². The fourth-order valence-electron chi connectivity index (χ4n) is 3.20. The lowest BCUT2D eigenvalue weighted by molar-refractivity contribution is 0.0374. The van der Waals surface area contributed by atoms with E-state index >= 15 is 0 Å². The summed E-state index contributed by atoms with van der Waals surface area (Å²) in [4.78, 5) is 14.6. The number of halogens is 1. The van der Waals surface area contributed by atoms with Crippen LogP contribution in [-0.4, -0.2) is 58.6 Å². The van der Waals surface area contributed by atoms with Crippen molar-refractivity contribution in [3.63, 3.8) is 0 Å². The Morgan fingerprint density at radius 1 is 1.17 bits per heavy atom. The van der Waals surface area contributed by atoms with Crippen LogP contribution in [0.1, 0.15) is 22.3 Å². The summed E-state index contributed by atoms with van der Waals surface area (Å²) in [6, 6.07) is 11.3. The van der Waals surface area contributed by atoms with Gasteiger partial charge in [-0.1, -0.05) is 23.7 Å². The van der Waals surface area contributed by atoms with Crippen molar-refractivity contribution < 1.29 is 17.9 Å². The predicted molar refractivity (Wildman–Crippen MR) is 118 cm³/mol. The molecule has 2 N–H and O–H groups in total. The number of carbonyl (C=O) groups is 1. The first kappa shape index (κ1) is 22.6. The van der Waals surface area contributed by atoms with E-state index in [9.17, 15) is 13.2 Å². The van der Waals surface area contributed by atoms with Crippen molar-refractivity contribution in [2.45, 2.75) is 18.2 Å². The normalized spacial score (nSPS) is 15.0. The number of anilines is 1. The second-order valence-electron chi connectivity index (χ2n) is 7.18. The third-order valence-electron chi connectivity index (χ3n) is 4.79. The van der Waals surface area contributed by atoms with E-state index in [1.807, 2.05) is 13.0 Å². The summed E-state index contributed by atoms with van der Waals surface area (Å²) in [5, 5.41) is 2.89. The number of hydrogen-bond donors (Lipinski definition) is 2. The molecule has 30 heavy (non-hydrogen) atoms. The molecule has 1 saturated heterocycles. The Morgan fingerprint density at radius 3 is 2.67 bits per heavy atom. The number of morpholine rings is 1. The first-order valence-corrected chi connectivity index (χ1v) is 11.7. The Morgan fingerprint density at radius 2 is 1.93 bits per heavy atom. The molecule has 2 aromatic carbocycles. The monoisotopic (exact) mass is 451 g/mol. The fourth-order valence-corrected chi connectivity index (χ4v) is 4.78. The maximum absolute atomic E-state index is 12.8. The second-order valence-corrected chi connectivity index (χ2v) is 9.24. The fraction of sp³-hybridized carbons (Fsp3) is 0.381. The topological polar surface area (TPSA) is 87.7 Å². The Hall–Kier alpha value is -2.13. The number of hydrogen-bond acceptors (Lipinski definition) is 5. The zero-order chi connectivity index (χ0) is 21.6. The maximum Gasteiger partial charge on any atom is 0.263 e. The minimum atomic E-state index is -3.94. The standard InChI is InChI=1S/C21H26ClN3O4S/c1-16-4-2-5-18(14-16)24-30(27,28)20-15-17(6-7-19(20)22)21(26)23-8-3-9-25-10-12-29-13-11-25/h2,4-7,14-15,24H,3,8-13H2,1H3,(H,23,26). The van der Waals surface area contributed by atoms with Gasteiger partial charge in [-0.2, -0.15) is 0 Å². The lowest BCUT2D eigenvalue weighted by Crippen LogP contribution is -2.38. The van der Waals surface area contributed by atoms with Crippen molar-refractivity contribution in [1.29, 1.82) is 0 Å². The molecule has 162 valence electrons. The van der Waals surface area contributed by atoms with Gasteiger partial charge >= 0.3 is 0 Å². The summed E-state index contributed by atoms with van der Waals surface area (Å²) < 4.78 is 33.4. The lowest BCUT2D eigenvalue weighted by atomic mass is 10.2. The van der Waals surface area contributed by atoms with Gasteiger partial charge in [-0.25, -0.2) is 8.42 Å². The highest BCUT2D eigenvalue weighted by atomic mass is 35.5. The molecule has 0 atom stereocenters. The first-order chi connectivity index (χ1) is 14.3. The molecule has 0 spiro atoms. The highest BCUT2D eigenvalue weighted by Gasteiger charge is 2.20. The van der Waals surface area contributed by atoms with Gasteiger partial charge in [0, 0.05) is 30.9 Å². The number of nitrogens with zero attached hydrogens (tertiary/aromatic N) is 1. The van der Waals surface area contributed by atoms with E-state index in [2.05, 4.69) is 14.9 Å². The minimum Gasteiger partial charge on any atom is -0.379 e. The Kier molecular flexibility index (Phi) is 7.71. The van der Waals surface area contributed by atoms with E-state index in [0.717, 1.165) is 44.8 Å². The molecule has 1 heterocycles. The van der Waals surface area contributed by atoms with Crippen molar-refractivity contribution in [3.8, 4) is 0 Å². The van der Waals surface area contributed by atoms with Crippen molar-refractivity contribution in [2.24, 2.45) is 0 Å². The molecule has 1 fully saturated rings. The maximum atomic E-state index is 12.8. The van der Waals surface area contributed by atoms with Crippen LogP contribution in [0.25, 0.3) is 0 Å². The Balaban J connectivity index is 1.62. The summed E-state index contributed by atoms with van der Waals surface area (Å²) in [6.45, 7) is 6.54. The number of amides is 1. The number of benzene rings is 2. The summed E-state index contributed by atoms with van der Waals surface area (Å²) in [6.07, 6.45) is 0.805. The molecule has 0 unspecified atom stereocenters. The third-order valence-corrected chi connectivity index (χ3v) is 6.66. The molecule has 0 saturated carbocycles. The van der Waals surface area contributed by atoms with E-state index < -0.39 is 10.0 Å². The molecule has 9 heteroatoms. The average Bonchev–Trinajstić information content (AvgIpc) is 2.71. The molecule has 2 aromatic rings. The molecular formula is C21H26ClN3O4S. The number of aryl methyl sites for hydroxylation is 1. The summed E-state index contributed by atoms with van der Waals surface area (Å²) >= 11 is 6.13. The van der Waals surface area contributed by atoms with Crippen LogP contribution >= 0.6 is 11.6 Å². The number of ether oxygens (including phenoxy) is 1. The molecule has 1 amide bonds. The third kappa shape index (κ3) is 6.18. The molecular weight excluding hydrogens is 426 g/mol. The van der Waals surface area contributed by atoms with Crippen LogP contribution in [0.4, 0.5) is 5.69 Å². The Bertz CT molecular complexity index is 991. The molecule has 3 rings (SSSR count). The largest absolute Gasteiger partial charge is 0.379 e. The van der Waals surface area contributed by atoms with Gasteiger partial charge in [0.1, 0.15) is 4.90 Å². The van der Waals surface area contributed by atoms with Crippen LogP contribution in [0.3, 0.4) is 0 Å². The van der Waals surface area contributed by atoms with Gasteiger partial charge in [0.2, 0.25) is 0 Å². The number of carbonyl (C=O) groups excluding carboxylic acids is 1. The van der Waals surface area contributed by atoms with Crippen LogP contribution in [0.15, 0.2) is 47.4 Å². The van der Waals surface area contributed by atoms with E-state index in [1.54, 1.807) is 18.2 Å². The van der Waals surface area contributed by atoms with Crippen LogP contribution < -0.4 is 10.0 Å². The van der Waals surface area contributed by atoms with E-state index in [1.165, 1.54) is 18.2 Å². The van der Waals surface area contributed by atoms with Gasteiger partial charge in [0.05, 0.1) is 18.2 Å². The zero-order valence-electron chi connectivity index (χ0n) is 16.9. The zero-order valence-corrected chi connectivity index (χ0v) is 18.4. The second kappa shape index (κ2) is 10.3. The summed E-state index contributed by atoms with van der Waals surface area (Å²) in [5.41, 5.74) is 1.60. The van der Waals surface area contributed by atoms with Crippen LogP contribution in [0.5, 0.6) is 0 Å². The van der Waals surface area contributed by atoms with E-state index in [4.69, 9.17) is 16.3 Å². The minimum absolute atomic E-state index is 0.0546. The number of sulfonamides is 1. The van der Waals surface area contributed by atoms with Crippen molar-refractivity contribution in [2.75, 3.05) is 44.1 Å². The predicted octanol–water partition coefficient (Wildman–Crippen LogP) is 2.90. The molecule has 7 nitrogen and oxygen atoms in total. The molecule has 0 aliphatic carbocycles. The highest BCUT2D eigenvalue weighted by molar-refractivity contribution is 7.92. The van der Waals surface area contributed by atoms with Gasteiger partial charge in [0.25, 0.3) is 15.9 Å². The molecule has 0 bridgehead atoms. The van der Waals surface area contributed by atoms with Crippen LogP contribution in [-0.2, 0) is 14.8 Å². The Labute approximate surface area is 182 Å². The number of nitrogens with one attached hydrogen (secondary N) is 2. The van der Waals surface area contributed by atoms with Gasteiger partial charge in [-0.15, -0.1) is 0 Å². The van der Waals surface area contributed by atoms with E-state index in [0.29, 0.717) is 12.2 Å². The SMILES string of the molecule is Cc1cccc(NS(=O)(=O)c2cc(C(=O)NCCCN3CCOCC3)ccc2Cl)c1. The summed E-state index contributed by atoms with van der Waals surface area (Å²) in [7, 11) is -3.94. The number of rotatable bonds is 8. The molecule has 0 radical (unpaired) electrons. The molecule has 1 aliphatic heterocycles. The highest BCUT2D eigenvalue weighted by Crippen LogP contribution is 2.25. The quantitative estimate of drug-likeness (QED) is 0.602. The summed E-state index contributed by atoms with van der Waals surface area (Å²) in [5.74, 6) is -0.333. The average molecular weight is 452 g/mol.